The van der Waals surface area contributed by atoms with Gasteiger partial charge in [-0.15, -0.1) is 0 Å². The van der Waals surface area contributed by atoms with Crippen molar-refractivity contribution in [2.75, 3.05) is 5.32 Å². The van der Waals surface area contributed by atoms with Gasteiger partial charge in [0.25, 0.3) is 11.6 Å². The first-order valence-corrected chi connectivity index (χ1v) is 6.21. The number of anilines is 1. The number of nitro groups is 1. The number of aromatic nitrogens is 1. The molecular weight excluding hydrogens is 324 g/mol. The summed E-state index contributed by atoms with van der Waals surface area (Å²) in [5, 5.41) is 12.6. The lowest BCUT2D eigenvalue weighted by atomic mass is 10.2. The first kappa shape index (κ1) is 15.1. The Morgan fingerprint density at radius 1 is 1.38 bits per heavy atom. The van der Waals surface area contributed by atoms with E-state index in [1.165, 1.54) is 12.1 Å². The SMILES string of the molecule is O=C(Nc1c(F)cccc1Cl)c1cc([N+](=O)[O-])cnc1Cl. The molecule has 108 valence electrons. The number of nitrogens with zero attached hydrogens (tertiary/aromatic N) is 2. The summed E-state index contributed by atoms with van der Waals surface area (Å²) in [7, 11) is 0. The molecule has 2 aromatic rings. The van der Waals surface area contributed by atoms with E-state index >= 15 is 0 Å². The van der Waals surface area contributed by atoms with Crippen molar-refractivity contribution in [1.29, 1.82) is 0 Å². The van der Waals surface area contributed by atoms with Crippen molar-refractivity contribution >= 4 is 40.5 Å². The highest BCUT2D eigenvalue weighted by molar-refractivity contribution is 6.35. The van der Waals surface area contributed by atoms with E-state index in [4.69, 9.17) is 23.2 Å². The number of hydrogen-bond donors (Lipinski definition) is 1. The molecule has 1 amide bonds. The second-order valence-electron chi connectivity index (χ2n) is 3.84. The van der Waals surface area contributed by atoms with Gasteiger partial charge in [-0.2, -0.15) is 0 Å². The highest BCUT2D eigenvalue weighted by atomic mass is 35.5. The Morgan fingerprint density at radius 3 is 2.71 bits per heavy atom. The molecule has 0 saturated carbocycles. The highest BCUT2D eigenvalue weighted by Gasteiger charge is 2.19. The molecular formula is C12H6Cl2FN3O3. The van der Waals surface area contributed by atoms with Crippen LogP contribution in [0.25, 0.3) is 0 Å². The van der Waals surface area contributed by atoms with Crippen LogP contribution in [-0.4, -0.2) is 15.8 Å². The zero-order valence-corrected chi connectivity index (χ0v) is 11.7. The van der Waals surface area contributed by atoms with Crippen LogP contribution in [0.1, 0.15) is 10.4 Å². The van der Waals surface area contributed by atoms with Gasteiger partial charge in [0.05, 0.1) is 21.2 Å². The number of pyridine rings is 1. The van der Waals surface area contributed by atoms with Crippen LogP contribution in [0, 0.1) is 15.9 Å². The fourth-order valence-electron chi connectivity index (χ4n) is 1.49. The van der Waals surface area contributed by atoms with Gasteiger partial charge in [-0.25, -0.2) is 9.37 Å². The van der Waals surface area contributed by atoms with E-state index in [9.17, 15) is 19.3 Å². The van der Waals surface area contributed by atoms with Gasteiger partial charge in [0.1, 0.15) is 17.2 Å². The van der Waals surface area contributed by atoms with Gasteiger partial charge in [-0.1, -0.05) is 29.3 Å². The average Bonchev–Trinajstić information content (AvgIpc) is 2.43. The maximum atomic E-state index is 13.6. The third kappa shape index (κ3) is 3.26. The summed E-state index contributed by atoms with van der Waals surface area (Å²) >= 11 is 11.5. The fourth-order valence-corrected chi connectivity index (χ4v) is 1.89. The summed E-state index contributed by atoms with van der Waals surface area (Å²) in [6, 6.07) is 4.80. The van der Waals surface area contributed by atoms with Crippen molar-refractivity contribution in [2.24, 2.45) is 0 Å². The zero-order chi connectivity index (χ0) is 15.6. The summed E-state index contributed by atoms with van der Waals surface area (Å²) in [6.45, 7) is 0. The Balaban J connectivity index is 2.37. The fraction of sp³-hybridized carbons (Fsp3) is 0. The molecule has 0 atom stereocenters. The predicted octanol–water partition coefficient (Wildman–Crippen LogP) is 3.69. The molecule has 1 aromatic heterocycles. The molecule has 6 nitrogen and oxygen atoms in total. The normalized spacial score (nSPS) is 10.2. The number of carbonyl (C=O) groups excluding carboxylic acids is 1. The minimum absolute atomic E-state index is 0.0159. The van der Waals surface area contributed by atoms with Crippen LogP contribution >= 0.6 is 23.2 Å². The highest BCUT2D eigenvalue weighted by Crippen LogP contribution is 2.26. The van der Waals surface area contributed by atoms with Gasteiger partial charge >= 0.3 is 0 Å². The second kappa shape index (κ2) is 6.02. The molecule has 9 heteroatoms. The molecule has 0 radical (unpaired) electrons. The molecule has 1 aromatic carbocycles. The van der Waals surface area contributed by atoms with Crippen LogP contribution in [0.4, 0.5) is 15.8 Å². The van der Waals surface area contributed by atoms with Crippen molar-refractivity contribution in [3.63, 3.8) is 0 Å². The lowest BCUT2D eigenvalue weighted by molar-refractivity contribution is -0.385. The molecule has 0 aliphatic heterocycles. The number of carbonyl (C=O) groups is 1. The van der Waals surface area contributed by atoms with Crippen LogP contribution in [0.15, 0.2) is 30.5 Å². The molecule has 0 unspecified atom stereocenters. The molecule has 0 aliphatic carbocycles. The van der Waals surface area contributed by atoms with Crippen molar-refractivity contribution in [3.05, 3.63) is 62.1 Å². The summed E-state index contributed by atoms with van der Waals surface area (Å²) < 4.78 is 13.6. The monoisotopic (exact) mass is 329 g/mol. The van der Waals surface area contributed by atoms with Crippen molar-refractivity contribution in [2.45, 2.75) is 0 Å². The molecule has 0 bridgehead atoms. The van der Waals surface area contributed by atoms with Crippen molar-refractivity contribution < 1.29 is 14.1 Å². The Bertz CT molecular complexity index is 719. The first-order chi connectivity index (χ1) is 9.90. The van der Waals surface area contributed by atoms with E-state index in [0.29, 0.717) is 0 Å². The Morgan fingerprint density at radius 2 is 2.10 bits per heavy atom. The van der Waals surface area contributed by atoms with Crippen LogP contribution < -0.4 is 5.32 Å². The van der Waals surface area contributed by atoms with E-state index in [1.54, 1.807) is 0 Å². The smallest absolute Gasteiger partial charge is 0.288 e. The largest absolute Gasteiger partial charge is 0.318 e. The van der Waals surface area contributed by atoms with Gasteiger partial charge in [0.2, 0.25) is 0 Å². The predicted molar refractivity (Wildman–Crippen MR) is 75.3 cm³/mol. The van der Waals surface area contributed by atoms with E-state index in [2.05, 4.69) is 10.3 Å². The van der Waals surface area contributed by atoms with E-state index in [0.717, 1.165) is 18.3 Å². The average molecular weight is 330 g/mol. The van der Waals surface area contributed by atoms with E-state index in [-0.39, 0.29) is 21.4 Å². The number of para-hydroxylation sites is 1. The Hall–Kier alpha value is -2.25. The summed E-state index contributed by atoms with van der Waals surface area (Å²) in [5.41, 5.74) is -0.916. The molecule has 21 heavy (non-hydrogen) atoms. The number of benzene rings is 1. The number of halogens is 3. The number of hydrogen-bond acceptors (Lipinski definition) is 4. The van der Waals surface area contributed by atoms with Gasteiger partial charge in [0.15, 0.2) is 0 Å². The molecule has 0 fully saturated rings. The quantitative estimate of drug-likeness (QED) is 0.528. The second-order valence-corrected chi connectivity index (χ2v) is 4.60. The zero-order valence-electron chi connectivity index (χ0n) is 10.1. The number of nitrogens with one attached hydrogen (secondary N) is 1. The van der Waals surface area contributed by atoms with Crippen LogP contribution in [0.3, 0.4) is 0 Å². The van der Waals surface area contributed by atoms with Crippen molar-refractivity contribution in [1.82, 2.24) is 4.98 Å². The third-order valence-corrected chi connectivity index (χ3v) is 3.10. The maximum absolute atomic E-state index is 13.6. The maximum Gasteiger partial charge on any atom is 0.288 e. The Kier molecular flexibility index (Phi) is 4.35. The molecule has 0 spiro atoms. The summed E-state index contributed by atoms with van der Waals surface area (Å²) in [6.07, 6.45) is 0.912. The van der Waals surface area contributed by atoms with Gasteiger partial charge in [-0.3, -0.25) is 14.9 Å². The minimum Gasteiger partial charge on any atom is -0.318 e. The molecule has 0 saturated heterocycles. The van der Waals surface area contributed by atoms with E-state index < -0.39 is 22.3 Å². The van der Waals surface area contributed by atoms with Gasteiger partial charge in [-0.05, 0) is 12.1 Å². The van der Waals surface area contributed by atoms with Crippen LogP contribution in [0.5, 0.6) is 0 Å². The van der Waals surface area contributed by atoms with Gasteiger partial charge in [0, 0.05) is 6.07 Å². The van der Waals surface area contributed by atoms with Crippen molar-refractivity contribution in [3.8, 4) is 0 Å². The lowest BCUT2D eigenvalue weighted by Gasteiger charge is -2.08. The first-order valence-electron chi connectivity index (χ1n) is 5.45. The number of amides is 1. The summed E-state index contributed by atoms with van der Waals surface area (Å²) in [4.78, 5) is 25.5. The topological polar surface area (TPSA) is 85.1 Å². The molecule has 1 N–H and O–H groups in total. The lowest BCUT2D eigenvalue weighted by Crippen LogP contribution is -2.14. The number of rotatable bonds is 3. The van der Waals surface area contributed by atoms with E-state index in [1.807, 2.05) is 0 Å². The Labute approximate surface area is 127 Å². The minimum atomic E-state index is -0.858. The molecule has 2 rings (SSSR count). The molecule has 1 heterocycles. The molecule has 0 aliphatic rings. The summed E-state index contributed by atoms with van der Waals surface area (Å²) in [5.74, 6) is -1.60. The van der Waals surface area contributed by atoms with Gasteiger partial charge < -0.3 is 5.32 Å². The third-order valence-electron chi connectivity index (χ3n) is 2.48. The van der Waals surface area contributed by atoms with Crippen LogP contribution in [0.2, 0.25) is 10.2 Å². The standard InChI is InChI=1S/C12H6Cl2FN3O3/c13-8-2-1-3-9(15)10(8)17-12(19)7-4-6(18(20)21)5-16-11(7)14/h1-5H,(H,17,19). The van der Waals surface area contributed by atoms with Crippen LogP contribution in [-0.2, 0) is 0 Å².